The predicted octanol–water partition coefficient (Wildman–Crippen LogP) is 4.45. The molecule has 0 unspecified atom stereocenters. The van der Waals surface area contributed by atoms with Crippen LogP contribution in [0.5, 0.6) is 0 Å². The van der Waals surface area contributed by atoms with Crippen LogP contribution in [0.1, 0.15) is 48.0 Å². The van der Waals surface area contributed by atoms with Crippen molar-refractivity contribution in [1.29, 1.82) is 0 Å². The average molecular weight is 224 g/mol. The van der Waals surface area contributed by atoms with Crippen molar-refractivity contribution in [3.8, 4) is 0 Å². The van der Waals surface area contributed by atoms with Crippen LogP contribution < -0.4 is 5.73 Å². The molecule has 16 heavy (non-hydrogen) atoms. The van der Waals surface area contributed by atoms with E-state index in [1.807, 2.05) is 47.6 Å². The summed E-state index contributed by atoms with van der Waals surface area (Å²) in [6.07, 6.45) is 4.11. The van der Waals surface area contributed by atoms with E-state index in [2.05, 4.69) is 18.2 Å². The molecule has 0 aromatic rings. The molecule has 0 amide bonds. The van der Waals surface area contributed by atoms with Gasteiger partial charge in [0.1, 0.15) is 0 Å². The van der Waals surface area contributed by atoms with Crippen molar-refractivity contribution >= 4 is 6.34 Å². The van der Waals surface area contributed by atoms with Crippen LogP contribution in [0, 0.1) is 0 Å². The molecule has 2 N–H and O–H groups in total. The van der Waals surface area contributed by atoms with Gasteiger partial charge < -0.3 is 5.73 Å². The molecule has 0 bridgehead atoms. The van der Waals surface area contributed by atoms with Crippen molar-refractivity contribution in [2.45, 2.75) is 48.0 Å². The zero-order valence-electron chi connectivity index (χ0n) is 11.8. The third-order valence-corrected chi connectivity index (χ3v) is 1.40. The molecule has 94 valence electrons. The molecular formula is C14H28N2. The summed E-state index contributed by atoms with van der Waals surface area (Å²) in [6.45, 7) is 19.6. The first kappa shape index (κ1) is 20.1. The van der Waals surface area contributed by atoms with Gasteiger partial charge in [-0.15, -0.1) is 0 Å². The Kier molecular flexibility index (Phi) is 20.3. The Balaban J connectivity index is -0.000000376. The van der Waals surface area contributed by atoms with E-state index in [0.717, 1.165) is 17.6 Å². The van der Waals surface area contributed by atoms with Crippen molar-refractivity contribution in [3.63, 3.8) is 0 Å². The van der Waals surface area contributed by atoms with Crippen LogP contribution in [0.2, 0.25) is 0 Å². The SMILES string of the molecule is C=C(C)/C=C(/CC)C(=C)N=CN.CC.CC. The Morgan fingerprint density at radius 1 is 1.19 bits per heavy atom. The van der Waals surface area contributed by atoms with E-state index in [4.69, 9.17) is 5.73 Å². The van der Waals surface area contributed by atoms with E-state index in [0.29, 0.717) is 5.70 Å². The van der Waals surface area contributed by atoms with E-state index < -0.39 is 0 Å². The molecule has 0 aromatic carbocycles. The maximum atomic E-state index is 5.15. The molecule has 0 aliphatic carbocycles. The molecular weight excluding hydrogens is 196 g/mol. The van der Waals surface area contributed by atoms with E-state index >= 15 is 0 Å². The number of allylic oxidation sites excluding steroid dienone is 3. The molecule has 0 spiro atoms. The molecule has 0 atom stereocenters. The lowest BCUT2D eigenvalue weighted by molar-refractivity contribution is 1.09. The fourth-order valence-corrected chi connectivity index (χ4v) is 0.860. The van der Waals surface area contributed by atoms with Crippen LogP contribution in [0.25, 0.3) is 0 Å². The summed E-state index contributed by atoms with van der Waals surface area (Å²) >= 11 is 0. The summed E-state index contributed by atoms with van der Waals surface area (Å²) in [4.78, 5) is 3.90. The third kappa shape index (κ3) is 12.7. The van der Waals surface area contributed by atoms with Crippen molar-refractivity contribution in [1.82, 2.24) is 0 Å². The molecule has 0 aromatic heterocycles. The second-order valence-corrected chi connectivity index (χ2v) is 2.59. The van der Waals surface area contributed by atoms with E-state index in [1.165, 1.54) is 6.34 Å². The summed E-state index contributed by atoms with van der Waals surface area (Å²) in [5, 5.41) is 0. The standard InChI is InChI=1S/C10H16N2.2C2H6/c1-5-10(6-8(2)3)9(4)12-7-11;2*1-2/h6-7H,2,4-5H2,1,3H3,(H2,11,12);2*1-2H3/b10-6-;;. The summed E-state index contributed by atoms with van der Waals surface area (Å²) in [5.74, 6) is 0. The normalized spacial score (nSPS) is 9.75. The van der Waals surface area contributed by atoms with Gasteiger partial charge in [-0.05, 0) is 18.9 Å². The van der Waals surface area contributed by atoms with Gasteiger partial charge in [0.05, 0.1) is 12.0 Å². The van der Waals surface area contributed by atoms with Gasteiger partial charge in [0, 0.05) is 0 Å². The van der Waals surface area contributed by atoms with Gasteiger partial charge >= 0.3 is 0 Å². The Morgan fingerprint density at radius 3 is 1.88 bits per heavy atom. The molecule has 0 rings (SSSR count). The molecule has 0 aliphatic rings. The monoisotopic (exact) mass is 224 g/mol. The quantitative estimate of drug-likeness (QED) is 0.427. The minimum atomic E-state index is 0.711. The Labute approximate surface area is 102 Å². The lowest BCUT2D eigenvalue weighted by Crippen LogP contribution is -1.91. The van der Waals surface area contributed by atoms with Gasteiger partial charge in [0.2, 0.25) is 0 Å². The molecule has 0 fully saturated rings. The lowest BCUT2D eigenvalue weighted by Gasteiger charge is -2.02. The van der Waals surface area contributed by atoms with E-state index in [9.17, 15) is 0 Å². The fourth-order valence-electron chi connectivity index (χ4n) is 0.860. The molecule has 2 heteroatoms. The maximum Gasteiger partial charge on any atom is 0.0860 e. The first-order chi connectivity index (χ1) is 7.61. The molecule has 0 radical (unpaired) electrons. The second-order valence-electron chi connectivity index (χ2n) is 2.59. The van der Waals surface area contributed by atoms with Crippen LogP contribution in [-0.4, -0.2) is 6.34 Å². The molecule has 0 saturated carbocycles. The molecule has 0 heterocycles. The molecule has 2 nitrogen and oxygen atoms in total. The van der Waals surface area contributed by atoms with Gasteiger partial charge in [0.25, 0.3) is 0 Å². The van der Waals surface area contributed by atoms with Gasteiger partial charge in [-0.2, -0.15) is 0 Å². The van der Waals surface area contributed by atoms with Gasteiger partial charge in [0.15, 0.2) is 0 Å². The van der Waals surface area contributed by atoms with Crippen molar-refractivity contribution in [3.05, 3.63) is 36.1 Å². The van der Waals surface area contributed by atoms with Crippen molar-refractivity contribution < 1.29 is 0 Å². The molecule has 0 saturated heterocycles. The van der Waals surface area contributed by atoms with Crippen LogP contribution in [0.15, 0.2) is 41.1 Å². The van der Waals surface area contributed by atoms with Crippen molar-refractivity contribution in [2.75, 3.05) is 0 Å². The number of rotatable bonds is 4. The van der Waals surface area contributed by atoms with E-state index in [1.54, 1.807) is 0 Å². The highest BCUT2D eigenvalue weighted by Crippen LogP contribution is 2.14. The lowest BCUT2D eigenvalue weighted by atomic mass is 10.1. The number of nitrogens with zero attached hydrogens (tertiary/aromatic N) is 1. The largest absolute Gasteiger partial charge is 0.390 e. The number of aliphatic imine (C=N–C) groups is 1. The van der Waals surface area contributed by atoms with Gasteiger partial charge in [-0.3, -0.25) is 0 Å². The Hall–Kier alpha value is -1.31. The van der Waals surface area contributed by atoms with E-state index in [-0.39, 0.29) is 0 Å². The van der Waals surface area contributed by atoms with Crippen LogP contribution in [-0.2, 0) is 0 Å². The summed E-state index contributed by atoms with van der Waals surface area (Å²) in [5.41, 5.74) is 7.94. The number of nitrogens with two attached hydrogens (primary N) is 1. The summed E-state index contributed by atoms with van der Waals surface area (Å²) < 4.78 is 0. The Morgan fingerprint density at radius 2 is 1.62 bits per heavy atom. The van der Waals surface area contributed by atoms with Crippen LogP contribution in [0.3, 0.4) is 0 Å². The zero-order valence-corrected chi connectivity index (χ0v) is 11.8. The third-order valence-electron chi connectivity index (χ3n) is 1.40. The highest BCUT2D eigenvalue weighted by Gasteiger charge is 1.96. The highest BCUT2D eigenvalue weighted by atomic mass is 14.8. The minimum absolute atomic E-state index is 0.711. The number of hydrogen-bond donors (Lipinski definition) is 1. The predicted molar refractivity (Wildman–Crippen MR) is 77.7 cm³/mol. The first-order valence-electron chi connectivity index (χ1n) is 5.91. The van der Waals surface area contributed by atoms with Gasteiger partial charge in [-0.1, -0.05) is 59.4 Å². The van der Waals surface area contributed by atoms with Crippen LogP contribution >= 0.6 is 0 Å². The zero-order chi connectivity index (χ0) is 13.6. The summed E-state index contributed by atoms with van der Waals surface area (Å²) in [6, 6.07) is 0. The maximum absolute atomic E-state index is 5.15. The Bertz CT molecular complexity index is 235. The number of hydrogen-bond acceptors (Lipinski definition) is 1. The average Bonchev–Trinajstić information content (AvgIpc) is 2.31. The minimum Gasteiger partial charge on any atom is -0.390 e. The first-order valence-corrected chi connectivity index (χ1v) is 5.91. The van der Waals surface area contributed by atoms with Gasteiger partial charge in [-0.25, -0.2) is 4.99 Å². The second kappa shape index (κ2) is 16.1. The molecule has 0 aliphatic heterocycles. The summed E-state index contributed by atoms with van der Waals surface area (Å²) in [7, 11) is 0. The fraction of sp³-hybridized carbons (Fsp3) is 0.500. The van der Waals surface area contributed by atoms with Crippen molar-refractivity contribution in [2.24, 2.45) is 10.7 Å². The smallest absolute Gasteiger partial charge is 0.0860 e. The highest BCUT2D eigenvalue weighted by molar-refractivity contribution is 5.55. The van der Waals surface area contributed by atoms with Crippen LogP contribution in [0.4, 0.5) is 0 Å². The topological polar surface area (TPSA) is 38.4 Å².